The monoisotopic (exact) mass is 398 g/mol. The van der Waals surface area contributed by atoms with Crippen molar-refractivity contribution in [3.63, 3.8) is 0 Å². The minimum Gasteiger partial charge on any atom is -0.487 e. The summed E-state index contributed by atoms with van der Waals surface area (Å²) in [7, 11) is 0. The maximum Gasteiger partial charge on any atom is 0.277 e. The molecule has 0 saturated heterocycles. The number of hydrogen-bond donors (Lipinski definition) is 1. The van der Waals surface area contributed by atoms with Crippen LogP contribution >= 0.6 is 11.3 Å². The molecule has 0 fully saturated rings. The standard InChI is InChI=1S/C17H10N4O6S/c22-16(9-5-10(20(23)24)7-11(6-9)21(25)26)19-17-18-15-12-3-1-2-4-13(12)27-8-14(15)28-17/h1-7H,8H2,(H,18,19,22). The van der Waals surface area contributed by atoms with Crippen molar-refractivity contribution in [2.75, 3.05) is 5.32 Å². The Morgan fingerprint density at radius 3 is 2.46 bits per heavy atom. The van der Waals surface area contributed by atoms with Crippen molar-refractivity contribution in [3.05, 3.63) is 73.1 Å². The molecule has 1 aliphatic rings. The van der Waals surface area contributed by atoms with Crippen LogP contribution in [0.5, 0.6) is 5.75 Å². The van der Waals surface area contributed by atoms with Gasteiger partial charge in [-0.1, -0.05) is 23.5 Å². The molecule has 2 heterocycles. The molecule has 0 spiro atoms. The van der Waals surface area contributed by atoms with Gasteiger partial charge in [0.15, 0.2) is 5.13 Å². The van der Waals surface area contributed by atoms with Crippen LogP contribution in [0.1, 0.15) is 15.2 Å². The first-order valence-electron chi connectivity index (χ1n) is 7.89. The van der Waals surface area contributed by atoms with Crippen LogP contribution in [0.2, 0.25) is 0 Å². The smallest absolute Gasteiger partial charge is 0.277 e. The van der Waals surface area contributed by atoms with Crippen molar-refractivity contribution < 1.29 is 19.4 Å². The van der Waals surface area contributed by atoms with Crippen LogP contribution in [-0.2, 0) is 6.61 Å². The number of para-hydroxylation sites is 1. The molecule has 3 aromatic rings. The van der Waals surface area contributed by atoms with Crippen LogP contribution in [0.3, 0.4) is 0 Å². The number of fused-ring (bicyclic) bond motifs is 3. The Morgan fingerprint density at radius 2 is 1.79 bits per heavy atom. The normalized spacial score (nSPS) is 11.7. The van der Waals surface area contributed by atoms with Gasteiger partial charge < -0.3 is 4.74 Å². The third kappa shape index (κ3) is 3.14. The van der Waals surface area contributed by atoms with Crippen molar-refractivity contribution >= 4 is 33.8 Å². The molecule has 0 unspecified atom stereocenters. The Kier molecular flexibility index (Phi) is 4.20. The van der Waals surface area contributed by atoms with Gasteiger partial charge in [0.05, 0.1) is 32.0 Å². The van der Waals surface area contributed by atoms with Crippen LogP contribution in [0.15, 0.2) is 42.5 Å². The summed E-state index contributed by atoms with van der Waals surface area (Å²) in [5, 5.41) is 24.8. The quantitative estimate of drug-likeness (QED) is 0.521. The van der Waals surface area contributed by atoms with Gasteiger partial charge in [0, 0.05) is 17.7 Å². The number of nitro benzene ring substituents is 2. The number of anilines is 1. The number of non-ortho nitro benzene ring substituents is 2. The van der Waals surface area contributed by atoms with E-state index in [0.717, 1.165) is 28.6 Å². The molecule has 0 saturated carbocycles. The average molecular weight is 398 g/mol. The molecule has 1 amide bonds. The predicted molar refractivity (Wildman–Crippen MR) is 99.6 cm³/mol. The molecule has 2 aromatic carbocycles. The topological polar surface area (TPSA) is 138 Å². The summed E-state index contributed by atoms with van der Waals surface area (Å²) in [6.07, 6.45) is 0. The van der Waals surface area contributed by atoms with E-state index in [2.05, 4.69) is 10.3 Å². The first-order valence-corrected chi connectivity index (χ1v) is 8.71. The average Bonchev–Trinajstić information content (AvgIpc) is 3.10. The van der Waals surface area contributed by atoms with E-state index >= 15 is 0 Å². The van der Waals surface area contributed by atoms with Gasteiger partial charge in [0.25, 0.3) is 17.3 Å². The zero-order valence-corrected chi connectivity index (χ0v) is 14.8. The Bertz CT molecular complexity index is 1110. The number of nitrogens with one attached hydrogen (secondary N) is 1. The Balaban J connectivity index is 1.65. The van der Waals surface area contributed by atoms with Crippen LogP contribution < -0.4 is 10.1 Å². The Morgan fingerprint density at radius 1 is 1.11 bits per heavy atom. The summed E-state index contributed by atoms with van der Waals surface area (Å²) in [6, 6.07) is 10.1. The third-order valence-electron chi connectivity index (χ3n) is 4.01. The molecular formula is C17H10N4O6S. The highest BCUT2D eigenvalue weighted by molar-refractivity contribution is 7.16. The van der Waals surface area contributed by atoms with E-state index in [4.69, 9.17) is 4.74 Å². The second-order valence-corrected chi connectivity index (χ2v) is 6.87. The molecular weight excluding hydrogens is 388 g/mol. The van der Waals surface area contributed by atoms with Crippen LogP contribution in [0.4, 0.5) is 16.5 Å². The summed E-state index contributed by atoms with van der Waals surface area (Å²) in [5.74, 6) is -0.0421. The molecule has 140 valence electrons. The van der Waals surface area contributed by atoms with Gasteiger partial charge in [-0.2, -0.15) is 0 Å². The van der Waals surface area contributed by atoms with Gasteiger partial charge in [-0.15, -0.1) is 0 Å². The van der Waals surface area contributed by atoms with E-state index in [-0.39, 0.29) is 10.7 Å². The summed E-state index contributed by atoms with van der Waals surface area (Å²) < 4.78 is 5.64. The SMILES string of the molecule is O=C(Nc1nc2c(s1)COc1ccccc1-2)c1cc([N+](=O)[O-])cc([N+](=O)[O-])c1. The maximum absolute atomic E-state index is 12.5. The second kappa shape index (κ2) is 6.70. The van der Waals surface area contributed by atoms with Crippen molar-refractivity contribution in [2.45, 2.75) is 6.61 Å². The molecule has 1 aromatic heterocycles. The molecule has 4 rings (SSSR count). The van der Waals surface area contributed by atoms with Crippen molar-refractivity contribution in [1.29, 1.82) is 0 Å². The number of nitrogens with zero attached hydrogens (tertiary/aromatic N) is 3. The number of carbonyl (C=O) groups excluding carboxylic acids is 1. The second-order valence-electron chi connectivity index (χ2n) is 5.78. The number of nitro groups is 2. The number of aromatic nitrogens is 1. The minimum atomic E-state index is -0.792. The Labute approximate surface area is 160 Å². The van der Waals surface area contributed by atoms with Gasteiger partial charge in [0.1, 0.15) is 12.4 Å². The number of benzene rings is 2. The van der Waals surface area contributed by atoms with Crippen molar-refractivity contribution in [3.8, 4) is 17.0 Å². The lowest BCUT2D eigenvalue weighted by Gasteiger charge is -2.15. The lowest BCUT2D eigenvalue weighted by atomic mass is 10.1. The van der Waals surface area contributed by atoms with Gasteiger partial charge >= 0.3 is 0 Å². The molecule has 0 aliphatic carbocycles. The fourth-order valence-corrected chi connectivity index (χ4v) is 3.64. The fraction of sp³-hybridized carbons (Fsp3) is 0.0588. The summed E-state index contributed by atoms with van der Waals surface area (Å²) in [4.78, 5) is 38.1. The first-order chi connectivity index (χ1) is 13.4. The van der Waals surface area contributed by atoms with Gasteiger partial charge in [-0.25, -0.2) is 4.98 Å². The molecule has 11 heteroatoms. The number of hydrogen-bond acceptors (Lipinski definition) is 8. The fourth-order valence-electron chi connectivity index (χ4n) is 2.75. The zero-order valence-electron chi connectivity index (χ0n) is 13.9. The molecule has 0 bridgehead atoms. The highest BCUT2D eigenvalue weighted by Crippen LogP contribution is 2.40. The van der Waals surface area contributed by atoms with Gasteiger partial charge in [0.2, 0.25) is 0 Å². The number of carbonyl (C=O) groups is 1. The lowest BCUT2D eigenvalue weighted by Crippen LogP contribution is -2.12. The third-order valence-corrected chi connectivity index (χ3v) is 4.95. The number of rotatable bonds is 4. The summed E-state index contributed by atoms with van der Waals surface area (Å²) in [6.45, 7) is 0.308. The van der Waals surface area contributed by atoms with Gasteiger partial charge in [-0.3, -0.25) is 30.3 Å². The van der Waals surface area contributed by atoms with E-state index in [9.17, 15) is 25.0 Å². The van der Waals surface area contributed by atoms with E-state index < -0.39 is 27.1 Å². The molecule has 0 atom stereocenters. The Hall–Kier alpha value is -3.86. The highest BCUT2D eigenvalue weighted by Gasteiger charge is 2.24. The number of amides is 1. The number of thiazole rings is 1. The van der Waals surface area contributed by atoms with E-state index in [0.29, 0.717) is 18.1 Å². The lowest BCUT2D eigenvalue weighted by molar-refractivity contribution is -0.394. The van der Waals surface area contributed by atoms with E-state index in [1.807, 2.05) is 24.3 Å². The molecule has 1 N–H and O–H groups in total. The van der Waals surface area contributed by atoms with E-state index in [1.165, 1.54) is 11.3 Å². The highest BCUT2D eigenvalue weighted by atomic mass is 32.1. The molecule has 0 radical (unpaired) electrons. The number of ether oxygens (including phenoxy) is 1. The van der Waals surface area contributed by atoms with Crippen molar-refractivity contribution in [1.82, 2.24) is 4.98 Å². The van der Waals surface area contributed by atoms with E-state index in [1.54, 1.807) is 0 Å². The van der Waals surface area contributed by atoms with Crippen LogP contribution in [-0.4, -0.2) is 20.7 Å². The maximum atomic E-state index is 12.5. The summed E-state index contributed by atoms with van der Waals surface area (Å²) in [5.41, 5.74) is 0.199. The minimum absolute atomic E-state index is 0.203. The zero-order chi connectivity index (χ0) is 19.8. The van der Waals surface area contributed by atoms with Crippen LogP contribution in [0.25, 0.3) is 11.3 Å². The summed E-state index contributed by atoms with van der Waals surface area (Å²) >= 11 is 1.21. The first kappa shape index (κ1) is 17.5. The largest absolute Gasteiger partial charge is 0.487 e. The molecule has 1 aliphatic heterocycles. The van der Waals surface area contributed by atoms with Gasteiger partial charge in [-0.05, 0) is 12.1 Å². The predicted octanol–water partition coefficient (Wildman–Crippen LogP) is 3.77. The molecule has 10 nitrogen and oxygen atoms in total. The van der Waals surface area contributed by atoms with Crippen LogP contribution in [0, 0.1) is 20.2 Å². The van der Waals surface area contributed by atoms with Crippen molar-refractivity contribution in [2.24, 2.45) is 0 Å². The molecule has 28 heavy (non-hydrogen) atoms.